The minimum atomic E-state index is -0.191. The van der Waals surface area contributed by atoms with Gasteiger partial charge in [-0.15, -0.1) is 0 Å². The monoisotopic (exact) mass is 517 g/mol. The molecule has 7 nitrogen and oxygen atoms in total. The third-order valence-corrected chi connectivity index (χ3v) is 6.32. The summed E-state index contributed by atoms with van der Waals surface area (Å²) in [6.45, 7) is 3.35. The molecule has 7 heteroatoms. The fourth-order valence-electron chi connectivity index (χ4n) is 4.15. The van der Waals surface area contributed by atoms with Gasteiger partial charge < -0.3 is 20.3 Å². The van der Waals surface area contributed by atoms with Crippen molar-refractivity contribution in [3.63, 3.8) is 0 Å². The lowest BCUT2D eigenvalue weighted by Crippen LogP contribution is -2.19. The Labute approximate surface area is 228 Å². The molecule has 39 heavy (non-hydrogen) atoms. The van der Waals surface area contributed by atoms with Gasteiger partial charge in [0.15, 0.2) is 0 Å². The minimum Gasteiger partial charge on any atom is -0.492 e. The smallest absolute Gasteiger partial charge is 0.255 e. The summed E-state index contributed by atoms with van der Waals surface area (Å²) >= 11 is 0. The summed E-state index contributed by atoms with van der Waals surface area (Å²) in [4.78, 5) is 24.6. The number of anilines is 3. The molecule has 5 aromatic rings. The highest BCUT2D eigenvalue weighted by Gasteiger charge is 2.12. The highest BCUT2D eigenvalue weighted by molar-refractivity contribution is 6.05. The summed E-state index contributed by atoms with van der Waals surface area (Å²) < 4.78 is 5.82. The number of hydrogen-bond acceptors (Lipinski definition) is 6. The summed E-state index contributed by atoms with van der Waals surface area (Å²) in [7, 11) is 4.00. The van der Waals surface area contributed by atoms with E-state index in [0.29, 0.717) is 18.1 Å². The summed E-state index contributed by atoms with van der Waals surface area (Å²) in [6.07, 6.45) is 0. The third-order valence-electron chi connectivity index (χ3n) is 6.32. The molecular weight excluding hydrogens is 486 g/mol. The highest BCUT2D eigenvalue weighted by Crippen LogP contribution is 2.28. The first-order chi connectivity index (χ1) is 19.0. The van der Waals surface area contributed by atoms with Crippen LogP contribution in [-0.4, -0.2) is 48.0 Å². The zero-order chi connectivity index (χ0) is 27.2. The molecule has 2 N–H and O–H groups in total. The molecular formula is C32H31N5O2. The van der Waals surface area contributed by atoms with E-state index in [1.54, 1.807) is 12.1 Å². The van der Waals surface area contributed by atoms with Crippen molar-refractivity contribution in [1.29, 1.82) is 0 Å². The van der Waals surface area contributed by atoms with Crippen molar-refractivity contribution in [1.82, 2.24) is 14.9 Å². The van der Waals surface area contributed by atoms with E-state index in [9.17, 15) is 4.79 Å². The Morgan fingerprint density at radius 1 is 0.872 bits per heavy atom. The van der Waals surface area contributed by atoms with Crippen LogP contribution >= 0.6 is 0 Å². The van der Waals surface area contributed by atoms with Gasteiger partial charge in [-0.1, -0.05) is 54.6 Å². The number of ether oxygens (including phenoxy) is 1. The van der Waals surface area contributed by atoms with Crippen LogP contribution in [0.5, 0.6) is 5.75 Å². The third kappa shape index (κ3) is 6.40. The van der Waals surface area contributed by atoms with E-state index in [2.05, 4.69) is 15.5 Å². The molecule has 0 saturated heterocycles. The molecule has 1 heterocycles. The minimum absolute atomic E-state index is 0.191. The van der Waals surface area contributed by atoms with Crippen LogP contribution < -0.4 is 15.4 Å². The first-order valence-electron chi connectivity index (χ1n) is 12.8. The number of hydrogen-bond donors (Lipinski definition) is 2. The van der Waals surface area contributed by atoms with E-state index in [1.807, 2.05) is 106 Å². The maximum atomic E-state index is 13.0. The van der Waals surface area contributed by atoms with Crippen molar-refractivity contribution >= 4 is 34.1 Å². The highest BCUT2D eigenvalue weighted by atomic mass is 16.5. The first kappa shape index (κ1) is 25.9. The molecule has 196 valence electrons. The number of nitrogens with zero attached hydrogens (tertiary/aromatic N) is 3. The summed E-state index contributed by atoms with van der Waals surface area (Å²) in [5, 5.41) is 7.29. The van der Waals surface area contributed by atoms with Crippen molar-refractivity contribution in [3.8, 4) is 17.0 Å². The second-order valence-corrected chi connectivity index (χ2v) is 9.56. The van der Waals surface area contributed by atoms with Gasteiger partial charge in [0.2, 0.25) is 5.95 Å². The SMILES string of the molecule is Cc1ccc(OCCN(C)C)cc1NC(=O)c1ccc(Nc2nc(-c3ccccc3)c3ccccc3n2)cc1. The van der Waals surface area contributed by atoms with Crippen LogP contribution in [0.4, 0.5) is 17.3 Å². The Morgan fingerprint density at radius 3 is 2.38 bits per heavy atom. The van der Waals surface area contributed by atoms with Crippen molar-refractivity contribution in [2.24, 2.45) is 0 Å². The van der Waals surface area contributed by atoms with Gasteiger partial charge in [0.05, 0.1) is 11.2 Å². The zero-order valence-electron chi connectivity index (χ0n) is 22.3. The van der Waals surface area contributed by atoms with Gasteiger partial charge in [0.25, 0.3) is 5.91 Å². The predicted octanol–water partition coefficient (Wildman–Crippen LogP) is 6.54. The largest absolute Gasteiger partial charge is 0.492 e. The van der Waals surface area contributed by atoms with Gasteiger partial charge in [-0.3, -0.25) is 4.79 Å². The predicted molar refractivity (Wildman–Crippen MR) is 158 cm³/mol. The number of carbonyl (C=O) groups is 1. The molecule has 0 atom stereocenters. The molecule has 0 radical (unpaired) electrons. The van der Waals surface area contributed by atoms with Crippen molar-refractivity contribution in [2.75, 3.05) is 37.9 Å². The van der Waals surface area contributed by atoms with E-state index in [1.165, 1.54) is 0 Å². The van der Waals surface area contributed by atoms with Crippen molar-refractivity contribution < 1.29 is 9.53 Å². The van der Waals surface area contributed by atoms with Gasteiger partial charge in [-0.05, 0) is 63.0 Å². The number of rotatable bonds is 9. The number of benzene rings is 4. The lowest BCUT2D eigenvalue weighted by atomic mass is 10.1. The molecule has 0 unspecified atom stereocenters. The normalized spacial score (nSPS) is 11.0. The summed E-state index contributed by atoms with van der Waals surface area (Å²) in [6, 6.07) is 31.0. The number of aryl methyl sites for hydroxylation is 1. The van der Waals surface area contributed by atoms with E-state index < -0.39 is 0 Å². The topological polar surface area (TPSA) is 79.4 Å². The zero-order valence-corrected chi connectivity index (χ0v) is 22.3. The average Bonchev–Trinajstić information content (AvgIpc) is 2.95. The number of fused-ring (bicyclic) bond motifs is 1. The second kappa shape index (κ2) is 11.8. The maximum absolute atomic E-state index is 13.0. The van der Waals surface area contributed by atoms with Crippen LogP contribution in [0.15, 0.2) is 97.1 Å². The molecule has 0 spiro atoms. The maximum Gasteiger partial charge on any atom is 0.255 e. The Kier molecular flexibility index (Phi) is 7.80. The van der Waals surface area contributed by atoms with E-state index >= 15 is 0 Å². The van der Waals surface area contributed by atoms with E-state index in [4.69, 9.17) is 14.7 Å². The Hall–Kier alpha value is -4.75. The Morgan fingerprint density at radius 2 is 1.62 bits per heavy atom. The molecule has 0 saturated carbocycles. The number of likely N-dealkylation sites (N-methyl/N-ethyl adjacent to an activating group) is 1. The van der Waals surface area contributed by atoms with Crippen LogP contribution in [0.25, 0.3) is 22.2 Å². The quantitative estimate of drug-likeness (QED) is 0.231. The molecule has 0 fully saturated rings. The number of amides is 1. The van der Waals surface area contributed by atoms with Crippen LogP contribution in [0.2, 0.25) is 0 Å². The molecule has 1 amide bonds. The van der Waals surface area contributed by atoms with Gasteiger partial charge in [-0.2, -0.15) is 0 Å². The Bertz CT molecular complexity index is 1580. The van der Waals surface area contributed by atoms with Crippen LogP contribution in [-0.2, 0) is 0 Å². The van der Waals surface area contributed by atoms with Crippen LogP contribution in [0, 0.1) is 6.92 Å². The average molecular weight is 518 g/mol. The van der Waals surface area contributed by atoms with Gasteiger partial charge in [0, 0.05) is 40.5 Å². The molecule has 0 bridgehead atoms. The molecule has 0 aliphatic rings. The first-order valence-corrected chi connectivity index (χ1v) is 12.8. The number of para-hydroxylation sites is 1. The fraction of sp³-hybridized carbons (Fsp3) is 0.156. The van der Waals surface area contributed by atoms with Gasteiger partial charge in [0.1, 0.15) is 12.4 Å². The van der Waals surface area contributed by atoms with Crippen LogP contribution in [0.1, 0.15) is 15.9 Å². The number of aromatic nitrogens is 2. The van der Waals surface area contributed by atoms with Crippen molar-refractivity contribution in [3.05, 3.63) is 108 Å². The molecule has 4 aromatic carbocycles. The van der Waals surface area contributed by atoms with Gasteiger partial charge >= 0.3 is 0 Å². The second-order valence-electron chi connectivity index (χ2n) is 9.56. The standard InChI is InChI=1S/C32H31N5O2/c1-22-13-18-26(39-20-19-37(2)3)21-29(22)34-31(38)24-14-16-25(17-15-24)33-32-35-28-12-8-7-11-27(28)30(36-32)23-9-5-4-6-10-23/h4-18,21H,19-20H2,1-3H3,(H,34,38)(H,33,35,36). The lowest BCUT2D eigenvalue weighted by molar-refractivity contribution is 0.102. The van der Waals surface area contributed by atoms with E-state index in [0.717, 1.165) is 51.4 Å². The Balaban J connectivity index is 1.31. The van der Waals surface area contributed by atoms with Crippen LogP contribution in [0.3, 0.4) is 0 Å². The molecule has 1 aromatic heterocycles. The summed E-state index contributed by atoms with van der Waals surface area (Å²) in [5.74, 6) is 1.03. The van der Waals surface area contributed by atoms with Gasteiger partial charge in [-0.25, -0.2) is 9.97 Å². The van der Waals surface area contributed by atoms with Crippen molar-refractivity contribution in [2.45, 2.75) is 6.92 Å². The molecule has 0 aliphatic carbocycles. The van der Waals surface area contributed by atoms with E-state index in [-0.39, 0.29) is 5.91 Å². The lowest BCUT2D eigenvalue weighted by Gasteiger charge is -2.14. The fourth-order valence-corrected chi connectivity index (χ4v) is 4.15. The number of nitrogens with one attached hydrogen (secondary N) is 2. The summed E-state index contributed by atoms with van der Waals surface area (Å²) in [5.41, 5.74) is 5.76. The molecule has 0 aliphatic heterocycles. The number of carbonyl (C=O) groups excluding carboxylic acids is 1. The molecule has 5 rings (SSSR count).